The van der Waals surface area contributed by atoms with Crippen LogP contribution in [0, 0.1) is 13.8 Å². The maximum Gasteiger partial charge on any atom is 0.203 e. The summed E-state index contributed by atoms with van der Waals surface area (Å²) < 4.78 is 3.94. The van der Waals surface area contributed by atoms with Crippen LogP contribution in [0.5, 0.6) is 0 Å². The van der Waals surface area contributed by atoms with E-state index in [1.54, 1.807) is 0 Å². The SMILES string of the molecule is CNc1nc(C)cn1Cc1cn(C)nc1C. The van der Waals surface area contributed by atoms with Crippen molar-refractivity contribution in [3.05, 3.63) is 29.3 Å². The predicted octanol–water partition coefficient (Wildman–Crippen LogP) is 1.32. The second-order valence-corrected chi connectivity index (χ2v) is 4.00. The number of hydrogen-bond donors (Lipinski definition) is 1. The first-order valence-corrected chi connectivity index (χ1v) is 5.31. The highest BCUT2D eigenvalue weighted by molar-refractivity contribution is 5.29. The third-order valence-corrected chi connectivity index (χ3v) is 2.58. The molecule has 0 radical (unpaired) electrons. The third-order valence-electron chi connectivity index (χ3n) is 2.58. The Morgan fingerprint density at radius 2 is 2.06 bits per heavy atom. The normalized spacial score (nSPS) is 10.8. The van der Waals surface area contributed by atoms with Crippen molar-refractivity contribution in [2.24, 2.45) is 7.05 Å². The van der Waals surface area contributed by atoms with Crippen LogP contribution >= 0.6 is 0 Å². The maximum absolute atomic E-state index is 4.39. The molecule has 0 aliphatic carbocycles. The summed E-state index contributed by atoms with van der Waals surface area (Å²) >= 11 is 0. The molecule has 5 nitrogen and oxygen atoms in total. The van der Waals surface area contributed by atoms with Crippen LogP contribution in [0.25, 0.3) is 0 Å². The monoisotopic (exact) mass is 219 g/mol. The van der Waals surface area contributed by atoms with Gasteiger partial charge < -0.3 is 9.88 Å². The van der Waals surface area contributed by atoms with Gasteiger partial charge in [-0.2, -0.15) is 5.10 Å². The molecule has 0 spiro atoms. The van der Waals surface area contributed by atoms with Crippen molar-refractivity contribution in [1.29, 1.82) is 0 Å². The second-order valence-electron chi connectivity index (χ2n) is 4.00. The van der Waals surface area contributed by atoms with E-state index in [4.69, 9.17) is 0 Å². The Kier molecular flexibility index (Phi) is 2.68. The lowest BCUT2D eigenvalue weighted by Gasteiger charge is -2.05. The van der Waals surface area contributed by atoms with Crippen LogP contribution in [0.15, 0.2) is 12.4 Å². The number of nitrogens with one attached hydrogen (secondary N) is 1. The van der Waals surface area contributed by atoms with Crippen LogP contribution < -0.4 is 5.32 Å². The van der Waals surface area contributed by atoms with Gasteiger partial charge in [-0.3, -0.25) is 4.68 Å². The number of nitrogens with zero attached hydrogens (tertiary/aromatic N) is 4. The molecular formula is C11H17N5. The maximum atomic E-state index is 4.39. The number of anilines is 1. The molecule has 2 aromatic rings. The van der Waals surface area contributed by atoms with Crippen LogP contribution in [-0.4, -0.2) is 26.4 Å². The molecule has 16 heavy (non-hydrogen) atoms. The zero-order valence-electron chi connectivity index (χ0n) is 10.2. The largest absolute Gasteiger partial charge is 0.359 e. The van der Waals surface area contributed by atoms with Crippen LogP contribution in [0.4, 0.5) is 5.95 Å². The molecule has 0 saturated heterocycles. The molecule has 2 rings (SSSR count). The van der Waals surface area contributed by atoms with Crippen molar-refractivity contribution in [1.82, 2.24) is 19.3 Å². The lowest BCUT2D eigenvalue weighted by Crippen LogP contribution is -2.04. The van der Waals surface area contributed by atoms with E-state index < -0.39 is 0 Å². The first-order chi connectivity index (χ1) is 7.60. The van der Waals surface area contributed by atoms with Gasteiger partial charge in [-0.15, -0.1) is 0 Å². The lowest BCUT2D eigenvalue weighted by molar-refractivity contribution is 0.755. The van der Waals surface area contributed by atoms with E-state index in [1.165, 1.54) is 5.56 Å². The van der Waals surface area contributed by atoms with E-state index in [2.05, 4.69) is 20.0 Å². The average molecular weight is 219 g/mol. The first-order valence-electron chi connectivity index (χ1n) is 5.31. The molecule has 5 heteroatoms. The average Bonchev–Trinajstić information content (AvgIpc) is 2.71. The summed E-state index contributed by atoms with van der Waals surface area (Å²) in [5.41, 5.74) is 3.30. The number of hydrogen-bond acceptors (Lipinski definition) is 3. The van der Waals surface area contributed by atoms with Gasteiger partial charge >= 0.3 is 0 Å². The van der Waals surface area contributed by atoms with Gasteiger partial charge in [0.2, 0.25) is 5.95 Å². The molecule has 0 atom stereocenters. The second kappa shape index (κ2) is 4.00. The van der Waals surface area contributed by atoms with Gasteiger partial charge in [0, 0.05) is 32.1 Å². The zero-order valence-corrected chi connectivity index (χ0v) is 10.2. The minimum absolute atomic E-state index is 0.802. The van der Waals surface area contributed by atoms with E-state index in [9.17, 15) is 0 Å². The van der Waals surface area contributed by atoms with E-state index in [-0.39, 0.29) is 0 Å². The van der Waals surface area contributed by atoms with Gasteiger partial charge in [-0.25, -0.2) is 4.98 Å². The highest BCUT2D eigenvalue weighted by Gasteiger charge is 2.08. The molecule has 0 unspecified atom stereocenters. The van der Waals surface area contributed by atoms with E-state index >= 15 is 0 Å². The molecule has 2 heterocycles. The molecular weight excluding hydrogens is 202 g/mol. The lowest BCUT2D eigenvalue weighted by atomic mass is 10.2. The Morgan fingerprint density at radius 1 is 1.31 bits per heavy atom. The van der Waals surface area contributed by atoms with Crippen molar-refractivity contribution < 1.29 is 0 Å². The summed E-state index contributed by atoms with van der Waals surface area (Å²) in [5, 5.41) is 7.42. The van der Waals surface area contributed by atoms with Gasteiger partial charge in [0.25, 0.3) is 0 Å². The Morgan fingerprint density at radius 3 is 2.62 bits per heavy atom. The Hall–Kier alpha value is -1.78. The van der Waals surface area contributed by atoms with Crippen LogP contribution in [0.3, 0.4) is 0 Å². The molecule has 0 aromatic carbocycles. The van der Waals surface area contributed by atoms with E-state index in [0.29, 0.717) is 0 Å². The van der Waals surface area contributed by atoms with Crippen molar-refractivity contribution in [2.75, 3.05) is 12.4 Å². The van der Waals surface area contributed by atoms with E-state index in [0.717, 1.165) is 23.9 Å². The molecule has 0 saturated carbocycles. The number of rotatable bonds is 3. The van der Waals surface area contributed by atoms with E-state index in [1.807, 2.05) is 45.0 Å². The number of aromatic nitrogens is 4. The molecule has 0 bridgehead atoms. The Balaban J connectivity index is 2.29. The fourth-order valence-corrected chi connectivity index (χ4v) is 1.85. The van der Waals surface area contributed by atoms with Crippen LogP contribution in [0.1, 0.15) is 17.0 Å². The van der Waals surface area contributed by atoms with Gasteiger partial charge in [-0.1, -0.05) is 0 Å². The minimum atomic E-state index is 0.802. The molecule has 1 N–H and O–H groups in total. The van der Waals surface area contributed by atoms with Gasteiger partial charge in [0.15, 0.2) is 0 Å². The summed E-state index contributed by atoms with van der Waals surface area (Å²) in [6, 6.07) is 0. The predicted molar refractivity (Wildman–Crippen MR) is 63.6 cm³/mol. The molecule has 2 aromatic heterocycles. The van der Waals surface area contributed by atoms with Crippen molar-refractivity contribution in [3.8, 4) is 0 Å². The summed E-state index contributed by atoms with van der Waals surface area (Å²) in [6.45, 7) is 4.82. The standard InChI is InChI=1S/C11H17N5/c1-8-5-16(11(12-3)13-8)7-10-6-15(4)14-9(10)2/h5-6H,7H2,1-4H3,(H,12,13). The molecule has 0 aliphatic rings. The Labute approximate surface area is 95.1 Å². The van der Waals surface area contributed by atoms with Crippen molar-refractivity contribution >= 4 is 5.95 Å². The van der Waals surface area contributed by atoms with Crippen LogP contribution in [0.2, 0.25) is 0 Å². The van der Waals surface area contributed by atoms with Crippen molar-refractivity contribution in [3.63, 3.8) is 0 Å². The fourth-order valence-electron chi connectivity index (χ4n) is 1.85. The summed E-state index contributed by atoms with van der Waals surface area (Å²) in [6.07, 6.45) is 4.09. The third kappa shape index (κ3) is 1.93. The Bertz CT molecular complexity index is 494. The topological polar surface area (TPSA) is 47.7 Å². The smallest absolute Gasteiger partial charge is 0.203 e. The van der Waals surface area contributed by atoms with Crippen molar-refractivity contribution in [2.45, 2.75) is 20.4 Å². The zero-order chi connectivity index (χ0) is 11.7. The highest BCUT2D eigenvalue weighted by atomic mass is 15.3. The summed E-state index contributed by atoms with van der Waals surface area (Å²) in [4.78, 5) is 4.39. The number of imidazole rings is 1. The molecule has 86 valence electrons. The number of aryl methyl sites for hydroxylation is 3. The fraction of sp³-hybridized carbons (Fsp3) is 0.455. The van der Waals surface area contributed by atoms with Gasteiger partial charge in [0.1, 0.15) is 0 Å². The summed E-state index contributed by atoms with van der Waals surface area (Å²) in [7, 11) is 3.82. The quantitative estimate of drug-likeness (QED) is 0.847. The molecule has 0 amide bonds. The summed E-state index contributed by atoms with van der Waals surface area (Å²) in [5.74, 6) is 0.890. The minimum Gasteiger partial charge on any atom is -0.359 e. The van der Waals surface area contributed by atoms with Gasteiger partial charge in [-0.05, 0) is 13.8 Å². The highest BCUT2D eigenvalue weighted by Crippen LogP contribution is 2.13. The van der Waals surface area contributed by atoms with Crippen LogP contribution in [-0.2, 0) is 13.6 Å². The van der Waals surface area contributed by atoms with Gasteiger partial charge in [0.05, 0.1) is 17.9 Å². The molecule has 0 fully saturated rings. The first kappa shape index (κ1) is 10.7. The molecule has 0 aliphatic heterocycles.